The van der Waals surface area contributed by atoms with Crippen LogP contribution in [0.25, 0.3) is 55.0 Å². The summed E-state index contributed by atoms with van der Waals surface area (Å²) < 4.78 is 6.21. The summed E-state index contributed by atoms with van der Waals surface area (Å²) >= 11 is 0. The molecular formula is C44H29N3O. The van der Waals surface area contributed by atoms with E-state index in [1.165, 1.54) is 44.2 Å². The Bertz CT molecular complexity index is 2610. The molecule has 4 heteroatoms. The highest BCUT2D eigenvalue weighted by Crippen LogP contribution is 2.42. The summed E-state index contributed by atoms with van der Waals surface area (Å²) in [5.74, 6) is 1.55. The quantitative estimate of drug-likeness (QED) is 0.214. The lowest BCUT2D eigenvalue weighted by atomic mass is 9.99. The zero-order valence-corrected chi connectivity index (χ0v) is 26.0. The lowest BCUT2D eigenvalue weighted by molar-refractivity contribution is 0.668. The van der Waals surface area contributed by atoms with Crippen molar-refractivity contribution in [3.8, 4) is 22.3 Å². The monoisotopic (exact) mass is 615 g/mol. The predicted octanol–water partition coefficient (Wildman–Crippen LogP) is 10.5. The molecule has 8 aromatic rings. The van der Waals surface area contributed by atoms with Gasteiger partial charge >= 0.3 is 0 Å². The minimum atomic E-state index is -0.250. The highest BCUT2D eigenvalue weighted by atomic mass is 16.3. The first-order valence-corrected chi connectivity index (χ1v) is 16.4. The third-order valence-corrected chi connectivity index (χ3v) is 9.74. The summed E-state index contributed by atoms with van der Waals surface area (Å²) in [5.41, 5.74) is 12.5. The molecule has 0 bridgehead atoms. The van der Waals surface area contributed by atoms with Gasteiger partial charge in [-0.1, -0.05) is 121 Å². The van der Waals surface area contributed by atoms with Crippen molar-refractivity contribution in [1.29, 1.82) is 0 Å². The number of amidine groups is 2. The standard InChI is InChI=1S/C44H29N3O/c1-2-9-29(10-3-1)42-45-43(30-17-14-28(15-18-30)32-19-16-27-8-4-5-11-31(27)22-32)47-44(46-42)33-20-21-36-34(23-33)24-35-25-41-39(26-38(35)36)37-12-6-7-13-40(37)48-41/h1-23,25-26,42H,24H2,(H,45,46,47). The van der Waals surface area contributed by atoms with Crippen LogP contribution < -0.4 is 5.32 Å². The highest BCUT2D eigenvalue weighted by molar-refractivity contribution is 6.13. The second kappa shape index (κ2) is 10.6. The van der Waals surface area contributed by atoms with E-state index in [0.717, 1.165) is 56.7 Å². The fourth-order valence-corrected chi connectivity index (χ4v) is 7.28. The van der Waals surface area contributed by atoms with Crippen molar-refractivity contribution in [2.24, 2.45) is 9.98 Å². The molecule has 0 spiro atoms. The molecule has 10 rings (SSSR count). The molecule has 1 aliphatic heterocycles. The molecule has 7 aromatic carbocycles. The van der Waals surface area contributed by atoms with Crippen LogP contribution in [0.4, 0.5) is 0 Å². The Morgan fingerprint density at radius 3 is 2.15 bits per heavy atom. The van der Waals surface area contributed by atoms with Gasteiger partial charge in [0.2, 0.25) is 0 Å². The number of benzene rings is 7. The molecule has 2 heterocycles. The summed E-state index contributed by atoms with van der Waals surface area (Å²) in [6.07, 6.45) is 0.609. The maximum Gasteiger partial charge on any atom is 0.159 e. The van der Waals surface area contributed by atoms with E-state index in [4.69, 9.17) is 14.4 Å². The van der Waals surface area contributed by atoms with Gasteiger partial charge in [0.25, 0.3) is 0 Å². The molecule has 0 radical (unpaired) electrons. The molecule has 1 aliphatic carbocycles. The van der Waals surface area contributed by atoms with Gasteiger partial charge in [-0.2, -0.15) is 0 Å². The van der Waals surface area contributed by atoms with Crippen LogP contribution in [0.2, 0.25) is 0 Å². The molecule has 4 nitrogen and oxygen atoms in total. The van der Waals surface area contributed by atoms with Crippen molar-refractivity contribution < 1.29 is 4.42 Å². The predicted molar refractivity (Wildman–Crippen MR) is 197 cm³/mol. The van der Waals surface area contributed by atoms with Gasteiger partial charge in [0.15, 0.2) is 5.84 Å². The van der Waals surface area contributed by atoms with Crippen molar-refractivity contribution in [2.45, 2.75) is 12.6 Å². The van der Waals surface area contributed by atoms with E-state index >= 15 is 0 Å². The summed E-state index contributed by atoms with van der Waals surface area (Å²) in [4.78, 5) is 10.2. The molecule has 1 aromatic heterocycles. The van der Waals surface area contributed by atoms with Gasteiger partial charge in [0.05, 0.1) is 0 Å². The van der Waals surface area contributed by atoms with E-state index in [0.29, 0.717) is 0 Å². The van der Waals surface area contributed by atoms with Gasteiger partial charge < -0.3 is 9.73 Å². The minimum absolute atomic E-state index is 0.250. The Hall–Kier alpha value is -6.26. The fraction of sp³-hybridized carbons (Fsp3) is 0.0455. The number of para-hydroxylation sites is 1. The number of rotatable bonds is 4. The fourth-order valence-electron chi connectivity index (χ4n) is 7.28. The Morgan fingerprint density at radius 2 is 1.25 bits per heavy atom. The van der Waals surface area contributed by atoms with Crippen LogP contribution in [0.3, 0.4) is 0 Å². The third kappa shape index (κ3) is 4.45. The maximum atomic E-state index is 6.21. The second-order valence-corrected chi connectivity index (χ2v) is 12.7. The van der Waals surface area contributed by atoms with E-state index in [9.17, 15) is 0 Å². The summed E-state index contributed by atoms with van der Waals surface area (Å²) in [5, 5.41) is 8.45. The number of fused-ring (bicyclic) bond motifs is 7. The maximum absolute atomic E-state index is 6.21. The van der Waals surface area contributed by atoms with Crippen LogP contribution in [-0.4, -0.2) is 11.7 Å². The van der Waals surface area contributed by atoms with Crippen LogP contribution in [0.1, 0.15) is 34.0 Å². The van der Waals surface area contributed by atoms with Crippen molar-refractivity contribution in [3.63, 3.8) is 0 Å². The molecule has 1 N–H and O–H groups in total. The lowest BCUT2D eigenvalue weighted by Crippen LogP contribution is -2.33. The smallest absolute Gasteiger partial charge is 0.159 e. The van der Waals surface area contributed by atoms with Crippen LogP contribution >= 0.6 is 0 Å². The zero-order chi connectivity index (χ0) is 31.6. The molecule has 2 aliphatic rings. The first kappa shape index (κ1) is 26.9. The average molecular weight is 616 g/mol. The molecule has 0 amide bonds. The SMILES string of the molecule is c1ccc(C2N=C(c3ccc(-c4ccc5ccccc5c4)cc3)N=C(c3ccc4c(c3)Cc3cc5oc6ccccc6c5cc3-4)N2)cc1. The van der Waals surface area contributed by atoms with E-state index in [-0.39, 0.29) is 6.17 Å². The van der Waals surface area contributed by atoms with Crippen molar-refractivity contribution in [1.82, 2.24) is 5.32 Å². The van der Waals surface area contributed by atoms with Gasteiger partial charge in [-0.05, 0) is 86.5 Å². The summed E-state index contributed by atoms with van der Waals surface area (Å²) in [6, 6.07) is 53.6. The van der Waals surface area contributed by atoms with Gasteiger partial charge in [-0.3, -0.25) is 0 Å². The van der Waals surface area contributed by atoms with Gasteiger partial charge in [0, 0.05) is 21.9 Å². The molecule has 1 atom stereocenters. The van der Waals surface area contributed by atoms with Crippen molar-refractivity contribution >= 4 is 44.4 Å². The van der Waals surface area contributed by atoms with E-state index in [1.54, 1.807) is 0 Å². The first-order valence-electron chi connectivity index (χ1n) is 16.4. The van der Waals surface area contributed by atoms with E-state index < -0.39 is 0 Å². The van der Waals surface area contributed by atoms with Crippen molar-refractivity contribution in [3.05, 3.63) is 179 Å². The average Bonchev–Trinajstić information content (AvgIpc) is 3.70. The van der Waals surface area contributed by atoms with Crippen LogP contribution in [-0.2, 0) is 6.42 Å². The molecular weight excluding hydrogens is 587 g/mol. The third-order valence-electron chi connectivity index (χ3n) is 9.74. The van der Waals surface area contributed by atoms with Gasteiger partial charge in [0.1, 0.15) is 23.2 Å². The molecule has 0 fully saturated rings. The first-order chi connectivity index (χ1) is 23.7. The van der Waals surface area contributed by atoms with Gasteiger partial charge in [-0.15, -0.1) is 0 Å². The Balaban J connectivity index is 1.01. The van der Waals surface area contributed by atoms with E-state index in [1.807, 2.05) is 18.2 Å². The Kier molecular flexibility index (Phi) is 5.97. The number of nitrogens with zero attached hydrogens (tertiary/aromatic N) is 2. The largest absolute Gasteiger partial charge is 0.456 e. The number of hydrogen-bond donors (Lipinski definition) is 1. The molecule has 0 saturated carbocycles. The van der Waals surface area contributed by atoms with Crippen LogP contribution in [0, 0.1) is 0 Å². The summed E-state index contributed by atoms with van der Waals surface area (Å²) in [7, 11) is 0. The second-order valence-electron chi connectivity index (χ2n) is 12.7. The topological polar surface area (TPSA) is 49.9 Å². The number of nitrogens with one attached hydrogen (secondary N) is 1. The normalized spacial score (nSPS) is 15.2. The highest BCUT2D eigenvalue weighted by Gasteiger charge is 2.25. The molecule has 0 saturated heterocycles. The summed E-state index contributed by atoms with van der Waals surface area (Å²) in [6.45, 7) is 0. The van der Waals surface area contributed by atoms with Crippen LogP contribution in [0.5, 0.6) is 0 Å². The number of furan rings is 1. The molecule has 48 heavy (non-hydrogen) atoms. The minimum Gasteiger partial charge on any atom is -0.456 e. The Morgan fingerprint density at radius 1 is 0.521 bits per heavy atom. The lowest BCUT2D eigenvalue weighted by Gasteiger charge is -2.24. The zero-order valence-electron chi connectivity index (χ0n) is 26.0. The Labute approximate surface area is 277 Å². The molecule has 1 unspecified atom stereocenters. The van der Waals surface area contributed by atoms with Crippen LogP contribution in [0.15, 0.2) is 166 Å². The van der Waals surface area contributed by atoms with Crippen molar-refractivity contribution in [2.75, 3.05) is 0 Å². The molecule has 226 valence electrons. The van der Waals surface area contributed by atoms with Gasteiger partial charge in [-0.25, -0.2) is 9.98 Å². The number of aliphatic imine (C=N–C) groups is 2. The van der Waals surface area contributed by atoms with E-state index in [2.05, 4.69) is 139 Å². The number of hydrogen-bond acceptors (Lipinski definition) is 4.